The molecule has 9 rings (SSSR count). The topological polar surface area (TPSA) is 298 Å². The number of benzene rings is 1. The zero-order valence-corrected chi connectivity index (χ0v) is 51.1. The molecule has 0 saturated heterocycles. The molecule has 0 aliphatic carbocycles. The van der Waals surface area contributed by atoms with Crippen molar-refractivity contribution in [2.75, 3.05) is 26.0 Å². The summed E-state index contributed by atoms with van der Waals surface area (Å²) in [6.45, 7) is 11.7. The first-order valence-corrected chi connectivity index (χ1v) is 30.9. The van der Waals surface area contributed by atoms with Crippen LogP contribution in [0.5, 0.6) is 0 Å². The standard InChI is InChI=1S/C55H56N12O10S6/c1-25(2)30-17-36(69)41-26(3)82-52(66-41)32(18-39(70)56-8)59-46(72)34-22-78-48(61-34)29-15-16-31(50-63-38(24-81-50)64-54(74)77-55(5,6)7)58-42(29)33-21-79-51(60-33)35-23-80-53(62-35)44(45(76-27(4)68)28-13-11-10-12-14-28)65-40(71)19-57-47(73)43-37(20-75-9)83-49(30)67-43/h10-16,21-25,30,32,44-45H,17-20H2,1-9H3,(H,56,70)(H,57,73)(H,59,72)(H,64,74)(H,65,71)/t30-,32+,44+,45+/m1/s1. The van der Waals surface area contributed by atoms with Gasteiger partial charge in [0.1, 0.15) is 76.7 Å². The number of methoxy groups -OCH3 is 1. The lowest BCUT2D eigenvalue weighted by Gasteiger charge is -2.26. The predicted octanol–water partition coefficient (Wildman–Crippen LogP) is 10.1. The monoisotopic (exact) mass is 1240 g/mol. The number of carbonyl (C=O) groups excluding carboxylic acids is 7. The van der Waals surface area contributed by atoms with Crippen molar-refractivity contribution in [2.45, 2.75) is 97.6 Å². The Morgan fingerprint density at radius 2 is 1.43 bits per heavy atom. The van der Waals surface area contributed by atoms with Crippen LogP contribution in [0.1, 0.15) is 140 Å². The maximum Gasteiger partial charge on any atom is 0.413 e. The number of fused-ring (bicyclic) bond motifs is 14. The van der Waals surface area contributed by atoms with Gasteiger partial charge in [-0.05, 0) is 51.3 Å². The normalized spacial score (nSPS) is 16.5. The van der Waals surface area contributed by atoms with Gasteiger partial charge in [-0.3, -0.25) is 34.1 Å². The Morgan fingerprint density at radius 1 is 0.735 bits per heavy atom. The van der Waals surface area contributed by atoms with Gasteiger partial charge in [-0.15, -0.1) is 68.0 Å². The second kappa shape index (κ2) is 25.9. The molecule has 7 aromatic heterocycles. The van der Waals surface area contributed by atoms with Crippen LogP contribution >= 0.6 is 68.0 Å². The van der Waals surface area contributed by atoms with E-state index in [4.69, 9.17) is 44.1 Å². The molecular formula is C55H56N12O10S6. The Bertz CT molecular complexity index is 3730. The highest BCUT2D eigenvalue weighted by Gasteiger charge is 2.35. The number of esters is 1. The summed E-state index contributed by atoms with van der Waals surface area (Å²) in [5.41, 5.74) is 2.19. The summed E-state index contributed by atoms with van der Waals surface area (Å²) in [6, 6.07) is 10.4. The molecule has 0 radical (unpaired) electrons. The number of nitrogens with one attached hydrogen (secondary N) is 5. The molecule has 8 heterocycles. The number of ketones is 1. The van der Waals surface area contributed by atoms with Gasteiger partial charge in [0, 0.05) is 65.4 Å². The van der Waals surface area contributed by atoms with Crippen molar-refractivity contribution in [2.24, 2.45) is 5.92 Å². The minimum absolute atomic E-state index is 0.0187. The lowest BCUT2D eigenvalue weighted by molar-refractivity contribution is -0.149. The molecule has 432 valence electrons. The number of amides is 5. The summed E-state index contributed by atoms with van der Waals surface area (Å²) in [4.78, 5) is 131. The molecule has 0 spiro atoms. The lowest BCUT2D eigenvalue weighted by Crippen LogP contribution is -2.41. The summed E-state index contributed by atoms with van der Waals surface area (Å²) in [7, 11) is 2.96. The number of hydrogen-bond acceptors (Lipinski definition) is 23. The van der Waals surface area contributed by atoms with Crippen molar-refractivity contribution in [1.82, 2.24) is 56.2 Å². The molecule has 1 aromatic carbocycles. The first kappa shape index (κ1) is 60.0. The second-order valence-electron chi connectivity index (χ2n) is 20.2. The van der Waals surface area contributed by atoms with E-state index in [-0.39, 0.29) is 60.0 Å². The zero-order chi connectivity index (χ0) is 59.3. The fourth-order valence-electron chi connectivity index (χ4n) is 8.60. The molecule has 83 heavy (non-hydrogen) atoms. The summed E-state index contributed by atoms with van der Waals surface area (Å²) in [5, 5.41) is 23.2. The summed E-state index contributed by atoms with van der Waals surface area (Å²) in [6.07, 6.45) is -1.98. The van der Waals surface area contributed by atoms with Crippen molar-refractivity contribution in [3.8, 4) is 43.4 Å². The van der Waals surface area contributed by atoms with Gasteiger partial charge >= 0.3 is 12.1 Å². The molecule has 8 aromatic rings. The number of Topliss-reactive ketones (excluding diaryl/α,β-unsaturated/α-hetero) is 1. The fourth-order valence-corrected chi connectivity index (χ4v) is 14.2. The van der Waals surface area contributed by atoms with Crippen LogP contribution in [-0.4, -0.2) is 103 Å². The molecule has 1 aliphatic rings. The van der Waals surface area contributed by atoms with E-state index in [1.807, 2.05) is 13.8 Å². The second-order valence-corrected chi connectivity index (χ2v) is 26.0. The van der Waals surface area contributed by atoms with Crippen LogP contribution in [0.2, 0.25) is 0 Å². The summed E-state index contributed by atoms with van der Waals surface area (Å²) in [5.74, 6) is -3.58. The Balaban J connectivity index is 1.15. The molecule has 0 unspecified atom stereocenters. The number of nitrogens with zero attached hydrogens (tertiary/aromatic N) is 7. The molecule has 22 nitrogen and oxygen atoms in total. The SMILES string of the molecule is CNC(=O)C[C@@H]1NC(=O)c2csc(n2)-c2ccc(-c3nc(NC(=O)OC(C)(C)C)cs3)nc2-c2csc(n2)-c2csc(n2)[C@H]([C@@H](OC(C)=O)c2ccccc2)NC(=O)CNC(=O)c2nc(sc2COC)[C@@H](C(C)C)CC(=O)c2nc1sc2C. The van der Waals surface area contributed by atoms with E-state index in [2.05, 4.69) is 31.6 Å². The fraction of sp³-hybridized carbons (Fsp3) is 0.345. The van der Waals surface area contributed by atoms with Crippen molar-refractivity contribution < 1.29 is 47.8 Å². The Kier molecular flexibility index (Phi) is 18.7. The number of hydrogen-bond donors (Lipinski definition) is 5. The van der Waals surface area contributed by atoms with Gasteiger partial charge < -0.3 is 35.5 Å². The van der Waals surface area contributed by atoms with E-state index in [0.29, 0.717) is 73.7 Å². The van der Waals surface area contributed by atoms with Gasteiger partial charge in [-0.2, -0.15) is 0 Å². The number of aryl methyl sites for hydroxylation is 1. The van der Waals surface area contributed by atoms with Gasteiger partial charge in [0.05, 0.1) is 41.2 Å². The van der Waals surface area contributed by atoms with Crippen LogP contribution in [0.25, 0.3) is 43.4 Å². The van der Waals surface area contributed by atoms with Crippen LogP contribution in [0.3, 0.4) is 0 Å². The van der Waals surface area contributed by atoms with E-state index in [0.717, 1.165) is 0 Å². The zero-order valence-electron chi connectivity index (χ0n) is 46.2. The van der Waals surface area contributed by atoms with Crippen LogP contribution in [0, 0.1) is 12.8 Å². The van der Waals surface area contributed by atoms with Crippen LogP contribution in [0.15, 0.2) is 64.0 Å². The van der Waals surface area contributed by atoms with Gasteiger partial charge in [-0.25, -0.2) is 39.7 Å². The predicted molar refractivity (Wildman–Crippen MR) is 318 cm³/mol. The van der Waals surface area contributed by atoms with Gasteiger partial charge in [-0.1, -0.05) is 44.2 Å². The summed E-state index contributed by atoms with van der Waals surface area (Å²) < 4.78 is 16.9. The van der Waals surface area contributed by atoms with Gasteiger partial charge in [0.15, 0.2) is 11.9 Å². The average molecular weight is 1240 g/mol. The minimum Gasteiger partial charge on any atom is -0.455 e. The summed E-state index contributed by atoms with van der Waals surface area (Å²) >= 11 is 7.29. The first-order chi connectivity index (χ1) is 39.6. The number of pyridine rings is 1. The Labute approximate surface area is 500 Å². The maximum absolute atomic E-state index is 14.4. The van der Waals surface area contributed by atoms with Crippen molar-refractivity contribution in [3.63, 3.8) is 0 Å². The third kappa shape index (κ3) is 14.4. The quantitative estimate of drug-likeness (QED) is 0.0795. The number of aromatic nitrogens is 7. The first-order valence-electron chi connectivity index (χ1n) is 25.8. The Hall–Kier alpha value is -7.60. The molecule has 4 atom stereocenters. The number of rotatable bonds is 10. The van der Waals surface area contributed by atoms with Gasteiger partial charge in [0.25, 0.3) is 11.8 Å². The average Bonchev–Trinajstić information content (AvgIpc) is 4.07. The highest BCUT2D eigenvalue weighted by Crippen LogP contribution is 2.41. The minimum atomic E-state index is -1.07. The van der Waals surface area contributed by atoms with Crippen LogP contribution in [0.4, 0.5) is 10.6 Å². The third-order valence-corrected chi connectivity index (χ3v) is 18.3. The van der Waals surface area contributed by atoms with Crippen molar-refractivity contribution in [3.05, 3.63) is 111 Å². The maximum atomic E-state index is 14.4. The number of anilines is 1. The van der Waals surface area contributed by atoms with E-state index >= 15 is 0 Å². The number of ether oxygens (including phenoxy) is 3. The molecule has 0 saturated carbocycles. The van der Waals surface area contributed by atoms with Gasteiger partial charge in [0.2, 0.25) is 11.8 Å². The molecule has 1 aliphatic heterocycles. The Morgan fingerprint density at radius 3 is 2.16 bits per heavy atom. The third-order valence-electron chi connectivity index (χ3n) is 12.5. The molecule has 0 fully saturated rings. The molecule has 5 N–H and O–H groups in total. The molecule has 10 bridgehead atoms. The van der Waals surface area contributed by atoms with E-state index in [1.165, 1.54) is 89.1 Å². The molecular weight excluding hydrogens is 1180 g/mol. The van der Waals surface area contributed by atoms with E-state index in [9.17, 15) is 33.6 Å². The largest absolute Gasteiger partial charge is 0.455 e. The number of carbonyl (C=O) groups is 7. The van der Waals surface area contributed by atoms with Crippen LogP contribution in [-0.2, 0) is 35.2 Å². The van der Waals surface area contributed by atoms with E-state index in [1.54, 1.807) is 91.7 Å². The van der Waals surface area contributed by atoms with E-state index < -0.39 is 66.0 Å². The molecule has 28 heteroatoms. The van der Waals surface area contributed by atoms with Crippen molar-refractivity contribution in [1.29, 1.82) is 0 Å². The highest BCUT2D eigenvalue weighted by atomic mass is 32.1. The highest BCUT2D eigenvalue weighted by molar-refractivity contribution is 7.15. The van der Waals surface area contributed by atoms with Crippen molar-refractivity contribution >= 4 is 115 Å². The lowest BCUT2D eigenvalue weighted by atomic mass is 9.90. The number of thiazole rings is 6. The smallest absolute Gasteiger partial charge is 0.413 e. The molecule has 5 amide bonds. The van der Waals surface area contributed by atoms with Crippen LogP contribution < -0.4 is 26.6 Å².